The fourth-order valence-corrected chi connectivity index (χ4v) is 5.72. The van der Waals surface area contributed by atoms with E-state index in [4.69, 9.17) is 8.92 Å². The van der Waals surface area contributed by atoms with Gasteiger partial charge in [0.25, 0.3) is 10.1 Å². The molecule has 0 aliphatic carbocycles. The first-order chi connectivity index (χ1) is 16.9. The minimum absolute atomic E-state index is 0.0621. The molecule has 194 valence electrons. The molecule has 2 atom stereocenters. The van der Waals surface area contributed by atoms with E-state index in [0.29, 0.717) is 18.5 Å². The van der Waals surface area contributed by atoms with Crippen LogP contribution in [-0.2, 0) is 19.0 Å². The van der Waals surface area contributed by atoms with Crippen LogP contribution >= 0.6 is 0 Å². The summed E-state index contributed by atoms with van der Waals surface area (Å²) in [5, 5.41) is 0.832. The van der Waals surface area contributed by atoms with Gasteiger partial charge in [0.1, 0.15) is 11.4 Å². The van der Waals surface area contributed by atoms with Crippen LogP contribution in [0.15, 0.2) is 53.6 Å². The van der Waals surface area contributed by atoms with Crippen LogP contribution in [0.5, 0.6) is 0 Å². The van der Waals surface area contributed by atoms with Gasteiger partial charge < -0.3 is 14.6 Å². The quantitative estimate of drug-likeness (QED) is 0.395. The highest BCUT2D eigenvalue weighted by Gasteiger charge is 2.38. The fraction of sp³-hybridized carbons (Fsp3) is 0.444. The molecule has 2 heterocycles. The van der Waals surface area contributed by atoms with Gasteiger partial charge in [-0.2, -0.15) is 8.42 Å². The number of halogens is 1. The Hall–Kier alpha value is -2.91. The van der Waals surface area contributed by atoms with Crippen LogP contribution in [0.2, 0.25) is 0 Å². The van der Waals surface area contributed by atoms with Gasteiger partial charge in [-0.25, -0.2) is 9.18 Å². The van der Waals surface area contributed by atoms with Crippen molar-refractivity contribution in [3.8, 4) is 0 Å². The summed E-state index contributed by atoms with van der Waals surface area (Å²) in [6.45, 7) is 7.85. The molecule has 1 fully saturated rings. The molecule has 7 nitrogen and oxygen atoms in total. The van der Waals surface area contributed by atoms with E-state index >= 15 is 0 Å². The average molecular weight is 517 g/mol. The molecule has 9 heteroatoms. The number of aromatic amines is 1. The van der Waals surface area contributed by atoms with Gasteiger partial charge in [0.15, 0.2) is 0 Å². The predicted octanol–water partition coefficient (Wildman–Crippen LogP) is 5.89. The molecule has 2 aromatic carbocycles. The molecule has 0 bridgehead atoms. The average Bonchev–Trinajstić information content (AvgIpc) is 3.43. The van der Waals surface area contributed by atoms with Gasteiger partial charge >= 0.3 is 6.09 Å². The first kappa shape index (κ1) is 26.2. The topological polar surface area (TPSA) is 88.7 Å². The normalized spacial score (nSPS) is 17.5. The van der Waals surface area contributed by atoms with Gasteiger partial charge in [0.2, 0.25) is 0 Å². The lowest BCUT2D eigenvalue weighted by Crippen LogP contribution is -2.42. The summed E-state index contributed by atoms with van der Waals surface area (Å²) in [5.41, 5.74) is 1.85. The van der Waals surface area contributed by atoms with E-state index in [1.54, 1.807) is 23.1 Å². The lowest BCUT2D eigenvalue weighted by Gasteiger charge is -2.33. The van der Waals surface area contributed by atoms with Crippen molar-refractivity contribution < 1.29 is 26.5 Å². The molecular weight excluding hydrogens is 483 g/mol. The largest absolute Gasteiger partial charge is 0.444 e. The molecule has 1 aliphatic heterocycles. The van der Waals surface area contributed by atoms with Crippen LogP contribution < -0.4 is 0 Å². The van der Waals surface area contributed by atoms with Gasteiger partial charge in [-0.15, -0.1) is 0 Å². The summed E-state index contributed by atoms with van der Waals surface area (Å²) >= 11 is 0. The molecule has 0 radical (unpaired) electrons. The maximum Gasteiger partial charge on any atom is 0.410 e. The molecule has 0 saturated carbocycles. The third-order valence-corrected chi connectivity index (χ3v) is 7.77. The number of H-pyrrole nitrogens is 1. The van der Waals surface area contributed by atoms with Gasteiger partial charge in [0, 0.05) is 35.6 Å². The van der Waals surface area contributed by atoms with Crippen molar-refractivity contribution in [2.45, 2.75) is 69.4 Å². The van der Waals surface area contributed by atoms with E-state index in [2.05, 4.69) is 4.98 Å². The molecule has 1 aromatic heterocycles. The van der Waals surface area contributed by atoms with E-state index in [1.165, 1.54) is 24.3 Å². The van der Waals surface area contributed by atoms with Gasteiger partial charge in [-0.1, -0.05) is 17.7 Å². The maximum absolute atomic E-state index is 13.8. The molecule has 1 N–H and O–H groups in total. The summed E-state index contributed by atoms with van der Waals surface area (Å²) in [5.74, 6) is -0.594. The Morgan fingerprint density at radius 1 is 1.19 bits per heavy atom. The van der Waals surface area contributed by atoms with Crippen LogP contribution in [0.3, 0.4) is 0 Å². The Morgan fingerprint density at radius 3 is 2.61 bits per heavy atom. The minimum Gasteiger partial charge on any atom is -0.444 e. The number of carbonyl (C=O) groups excluding carboxylic acids is 1. The van der Waals surface area contributed by atoms with Crippen LogP contribution in [0.4, 0.5) is 9.18 Å². The highest BCUT2D eigenvalue weighted by Crippen LogP contribution is 2.38. The number of aryl methyl sites for hydroxylation is 1. The molecule has 1 aliphatic rings. The van der Waals surface area contributed by atoms with Crippen LogP contribution in [-0.4, -0.2) is 49.2 Å². The zero-order chi connectivity index (χ0) is 26.1. The summed E-state index contributed by atoms with van der Waals surface area (Å²) < 4.78 is 50.4. The van der Waals surface area contributed by atoms with Crippen molar-refractivity contribution in [2.75, 3.05) is 13.2 Å². The highest BCUT2D eigenvalue weighted by molar-refractivity contribution is 7.86. The molecule has 1 amide bonds. The Labute approximate surface area is 211 Å². The highest BCUT2D eigenvalue weighted by atomic mass is 32.2. The number of aromatic nitrogens is 1. The van der Waals surface area contributed by atoms with Crippen LogP contribution in [0.1, 0.15) is 57.1 Å². The van der Waals surface area contributed by atoms with E-state index in [1.807, 2.05) is 33.9 Å². The second kappa shape index (κ2) is 10.2. The number of fused-ring (bicyclic) bond motifs is 1. The monoisotopic (exact) mass is 516 g/mol. The van der Waals surface area contributed by atoms with E-state index in [0.717, 1.165) is 29.4 Å². The molecule has 1 saturated heterocycles. The number of rotatable bonds is 7. The summed E-state index contributed by atoms with van der Waals surface area (Å²) in [6.07, 6.45) is 3.31. The van der Waals surface area contributed by atoms with Crippen molar-refractivity contribution in [3.05, 3.63) is 65.6 Å². The second-order valence-electron chi connectivity index (χ2n) is 10.3. The number of carbonyl (C=O) groups is 1. The van der Waals surface area contributed by atoms with Crippen molar-refractivity contribution in [2.24, 2.45) is 0 Å². The number of nitrogens with zero attached hydrogens (tertiary/aromatic N) is 1. The number of likely N-dealkylation sites (tertiary alicyclic amines) is 1. The van der Waals surface area contributed by atoms with E-state index in [-0.39, 0.29) is 29.3 Å². The Balaban J connectivity index is 1.61. The maximum atomic E-state index is 13.8. The Kier molecular flexibility index (Phi) is 7.43. The molecule has 3 aromatic rings. The van der Waals surface area contributed by atoms with E-state index in [9.17, 15) is 17.6 Å². The van der Waals surface area contributed by atoms with Gasteiger partial charge in [-0.05, 0) is 82.9 Å². The second-order valence-corrected chi connectivity index (χ2v) is 11.9. The van der Waals surface area contributed by atoms with Crippen molar-refractivity contribution in [1.29, 1.82) is 0 Å². The summed E-state index contributed by atoms with van der Waals surface area (Å²) in [6, 6.07) is 10.8. The third kappa shape index (κ3) is 5.90. The number of hydrogen-bond donors (Lipinski definition) is 1. The third-order valence-electron chi connectivity index (χ3n) is 6.44. The number of amides is 1. The first-order valence-corrected chi connectivity index (χ1v) is 13.6. The smallest absolute Gasteiger partial charge is 0.410 e. The zero-order valence-electron chi connectivity index (χ0n) is 21.1. The van der Waals surface area contributed by atoms with E-state index < -0.39 is 21.8 Å². The van der Waals surface area contributed by atoms with Crippen LogP contribution in [0, 0.1) is 12.7 Å². The number of benzene rings is 2. The van der Waals surface area contributed by atoms with Crippen molar-refractivity contribution in [3.63, 3.8) is 0 Å². The molecule has 0 spiro atoms. The Bertz CT molecular complexity index is 1330. The zero-order valence-corrected chi connectivity index (χ0v) is 21.9. The van der Waals surface area contributed by atoms with Crippen molar-refractivity contribution >= 4 is 27.1 Å². The SMILES string of the molecule is Cc1ccc(S(=O)(=O)OCCC(c2c[nH]c3cc(F)ccc23)C2CCCN2C(=O)OC(C)(C)C)cc1. The minimum atomic E-state index is -3.93. The molecule has 2 unspecified atom stereocenters. The van der Waals surface area contributed by atoms with Gasteiger partial charge in [0.05, 0.1) is 11.5 Å². The van der Waals surface area contributed by atoms with Crippen LogP contribution in [0.25, 0.3) is 10.9 Å². The lowest BCUT2D eigenvalue weighted by atomic mass is 9.87. The number of hydrogen-bond acceptors (Lipinski definition) is 5. The summed E-state index contributed by atoms with van der Waals surface area (Å²) in [7, 11) is -3.93. The molecule has 36 heavy (non-hydrogen) atoms. The fourth-order valence-electron chi connectivity index (χ4n) is 4.80. The standard InChI is InChI=1S/C27H33FN2O5S/c1-18-7-10-20(11-8-18)36(32,33)34-15-13-22(23-17-29-24-16-19(28)9-12-21(23)24)25-6-5-14-30(25)26(31)35-27(2,3)4/h7-12,16-17,22,25,29H,5-6,13-15H2,1-4H3. The summed E-state index contributed by atoms with van der Waals surface area (Å²) in [4.78, 5) is 18.0. The lowest BCUT2D eigenvalue weighted by molar-refractivity contribution is 0.0199. The molecule has 4 rings (SSSR count). The van der Waals surface area contributed by atoms with Crippen molar-refractivity contribution in [1.82, 2.24) is 9.88 Å². The van der Waals surface area contributed by atoms with Gasteiger partial charge in [-0.3, -0.25) is 4.18 Å². The molecular formula is C27H33FN2O5S. The number of nitrogens with one attached hydrogen (secondary N) is 1. The first-order valence-electron chi connectivity index (χ1n) is 12.2. The predicted molar refractivity (Wildman–Crippen MR) is 136 cm³/mol. The number of ether oxygens (including phenoxy) is 1. The Morgan fingerprint density at radius 2 is 1.92 bits per heavy atom.